The summed E-state index contributed by atoms with van der Waals surface area (Å²) in [4.78, 5) is 53.5. The fourth-order valence-electron chi connectivity index (χ4n) is 8.49. The molecule has 0 spiro atoms. The highest BCUT2D eigenvalue weighted by Crippen LogP contribution is 2.65. The van der Waals surface area contributed by atoms with Crippen LogP contribution in [0.1, 0.15) is 64.7 Å². The lowest BCUT2D eigenvalue weighted by molar-refractivity contribution is -0.335. The highest BCUT2D eigenvalue weighted by Gasteiger charge is 2.78. The molecule has 1 heterocycles. The molecule has 2 bridgehead atoms. The van der Waals surface area contributed by atoms with Crippen LogP contribution in [0.2, 0.25) is 0 Å². The number of ketones is 1. The molecule has 3 fully saturated rings. The summed E-state index contributed by atoms with van der Waals surface area (Å²) in [5.74, 6) is -3.50. The maximum Gasteiger partial charge on any atom is 0.338 e. The van der Waals surface area contributed by atoms with Gasteiger partial charge in [-0.15, -0.1) is 11.8 Å². The fraction of sp³-hybridized carbons (Fsp3) is 0.636. The summed E-state index contributed by atoms with van der Waals surface area (Å²) in [5, 5.41) is 24.5. The summed E-state index contributed by atoms with van der Waals surface area (Å²) in [6.45, 7) is 9.24. The zero-order valence-electron chi connectivity index (χ0n) is 26.7. The van der Waals surface area contributed by atoms with Gasteiger partial charge in [-0.05, 0) is 42.9 Å². The van der Waals surface area contributed by atoms with Crippen molar-refractivity contribution in [2.45, 2.75) is 96.1 Å². The number of ether oxygens (including phenoxy) is 5. The average Bonchev–Trinajstić information content (AvgIpc) is 2.93. The lowest BCUT2D eigenvalue weighted by Gasteiger charge is -2.67. The largest absolute Gasteiger partial charge is 0.458 e. The van der Waals surface area contributed by atoms with E-state index < -0.39 is 82.2 Å². The molecule has 0 aromatic heterocycles. The summed E-state index contributed by atoms with van der Waals surface area (Å²) in [7, 11) is 0. The van der Waals surface area contributed by atoms with Crippen LogP contribution in [0.25, 0.3) is 0 Å². The van der Waals surface area contributed by atoms with Gasteiger partial charge in [-0.25, -0.2) is 4.79 Å². The molecule has 2 saturated carbocycles. The molecular weight excluding hydrogens is 604 g/mol. The second-order valence-electron chi connectivity index (χ2n) is 13.4. The number of carbonyl (C=O) groups is 4. The zero-order valence-corrected chi connectivity index (χ0v) is 27.5. The normalized spacial score (nSPS) is 38.5. The summed E-state index contributed by atoms with van der Waals surface area (Å²) in [5.41, 5.74) is -5.11. The molecule has 1 saturated heterocycles. The predicted molar refractivity (Wildman–Crippen MR) is 162 cm³/mol. The first-order chi connectivity index (χ1) is 21.0. The molecular formula is C33H42O11S. The quantitative estimate of drug-likeness (QED) is 0.194. The van der Waals surface area contributed by atoms with E-state index in [-0.39, 0.29) is 31.0 Å². The molecule has 2 N–H and O–H groups in total. The van der Waals surface area contributed by atoms with Crippen molar-refractivity contribution >= 4 is 35.5 Å². The van der Waals surface area contributed by atoms with Gasteiger partial charge in [0.1, 0.15) is 23.9 Å². The van der Waals surface area contributed by atoms with Gasteiger partial charge in [0.05, 0.1) is 30.1 Å². The number of aliphatic hydroxyl groups is 2. The van der Waals surface area contributed by atoms with Crippen molar-refractivity contribution in [2.75, 3.05) is 18.8 Å². The molecule has 5 rings (SSSR count). The first kappa shape index (κ1) is 33.6. The van der Waals surface area contributed by atoms with Crippen molar-refractivity contribution in [1.29, 1.82) is 0 Å². The number of aliphatic hydroxyl groups excluding tert-OH is 1. The zero-order chi connectivity index (χ0) is 33.1. The van der Waals surface area contributed by atoms with Gasteiger partial charge in [0.2, 0.25) is 0 Å². The van der Waals surface area contributed by atoms with Gasteiger partial charge in [-0.3, -0.25) is 14.4 Å². The summed E-state index contributed by atoms with van der Waals surface area (Å²) >= 11 is 1.35. The van der Waals surface area contributed by atoms with Crippen LogP contribution in [-0.4, -0.2) is 94.4 Å². The standard InChI is InChI=1S/C33H42O11S/c1-17-21(36)13-33(39)28(43-29(38)20-11-9-8-10-12-20)25-31(6,14-22(42-18(2)34)23(17)30(33,4)5)26(41-16-45-7)24(37)27-32(25,15-40-27)44-19(3)35/h8-12,21-22,25-28,36,39H,13-16H2,1-7H3/t21-,22-,25-,26-,27+,28-,31-,32+,33+/m0/s1. The van der Waals surface area contributed by atoms with Crippen LogP contribution in [0.15, 0.2) is 41.5 Å². The van der Waals surface area contributed by atoms with Gasteiger partial charge in [0.15, 0.2) is 17.5 Å². The van der Waals surface area contributed by atoms with Gasteiger partial charge in [-0.1, -0.05) is 39.0 Å². The highest BCUT2D eigenvalue weighted by molar-refractivity contribution is 7.98. The Bertz CT molecular complexity index is 1410. The number of fused-ring (bicyclic) bond motifs is 5. The number of benzene rings is 1. The van der Waals surface area contributed by atoms with E-state index in [0.29, 0.717) is 11.1 Å². The van der Waals surface area contributed by atoms with Crippen LogP contribution in [-0.2, 0) is 38.1 Å². The molecule has 1 aliphatic heterocycles. The summed E-state index contributed by atoms with van der Waals surface area (Å²) in [6, 6.07) is 8.26. The van der Waals surface area contributed by atoms with Crippen molar-refractivity contribution in [2.24, 2.45) is 16.7 Å². The number of hydrogen-bond donors (Lipinski definition) is 2. The van der Waals surface area contributed by atoms with E-state index >= 15 is 0 Å². The van der Waals surface area contributed by atoms with E-state index in [0.717, 1.165) is 0 Å². The number of thioether (sulfide) groups is 1. The van der Waals surface area contributed by atoms with E-state index in [4.69, 9.17) is 23.7 Å². The van der Waals surface area contributed by atoms with Crippen LogP contribution in [0, 0.1) is 16.7 Å². The molecule has 0 amide bonds. The predicted octanol–water partition coefficient (Wildman–Crippen LogP) is 3.00. The van der Waals surface area contributed by atoms with Gasteiger partial charge in [0.25, 0.3) is 0 Å². The van der Waals surface area contributed by atoms with Crippen LogP contribution in [0.5, 0.6) is 0 Å². The first-order valence-electron chi connectivity index (χ1n) is 15.1. The fourth-order valence-corrected chi connectivity index (χ4v) is 8.76. The monoisotopic (exact) mass is 646 g/mol. The van der Waals surface area contributed by atoms with Crippen LogP contribution in [0.4, 0.5) is 0 Å². The maximum atomic E-state index is 14.2. The molecule has 1 aromatic carbocycles. The molecule has 11 nitrogen and oxygen atoms in total. The van der Waals surface area contributed by atoms with Crippen molar-refractivity contribution < 1.29 is 53.1 Å². The first-order valence-corrected chi connectivity index (χ1v) is 16.4. The molecule has 0 radical (unpaired) electrons. The maximum absolute atomic E-state index is 14.2. The lowest BCUT2D eigenvalue weighted by Crippen LogP contribution is -2.83. The topological polar surface area (TPSA) is 155 Å². The van der Waals surface area contributed by atoms with E-state index in [2.05, 4.69) is 0 Å². The summed E-state index contributed by atoms with van der Waals surface area (Å²) < 4.78 is 30.4. The Morgan fingerprint density at radius 3 is 2.27 bits per heavy atom. The molecule has 4 aliphatic rings. The van der Waals surface area contributed by atoms with Crippen LogP contribution in [0.3, 0.4) is 0 Å². The second-order valence-corrected chi connectivity index (χ2v) is 14.3. The smallest absolute Gasteiger partial charge is 0.338 e. The molecule has 45 heavy (non-hydrogen) atoms. The SMILES string of the molecule is CSCO[C@H]1C(=O)[C@H]2OC[C@@]2(OC(C)=O)[C@H]2[C@H](OC(=O)c3ccccc3)[C@]3(O)C[C@H](O)C(C)=C([C@@H](OC(C)=O)C[C@]12C)C3(C)C. The van der Waals surface area contributed by atoms with Crippen molar-refractivity contribution in [1.82, 2.24) is 0 Å². The Kier molecular flexibility index (Phi) is 8.80. The molecule has 1 aromatic rings. The van der Waals surface area contributed by atoms with E-state index in [1.807, 2.05) is 6.26 Å². The molecule has 3 aliphatic carbocycles. The molecule has 9 atom stereocenters. The third-order valence-electron chi connectivity index (χ3n) is 10.4. The Morgan fingerprint density at radius 1 is 1.04 bits per heavy atom. The van der Waals surface area contributed by atoms with E-state index in [1.165, 1.54) is 25.6 Å². The number of rotatable bonds is 7. The highest BCUT2D eigenvalue weighted by atomic mass is 32.2. The number of esters is 3. The third kappa shape index (κ3) is 5.13. The molecule has 246 valence electrons. The van der Waals surface area contributed by atoms with Crippen molar-refractivity contribution in [3.8, 4) is 0 Å². The molecule has 12 heteroatoms. The van der Waals surface area contributed by atoms with Gasteiger partial charge < -0.3 is 33.9 Å². The average molecular weight is 647 g/mol. The van der Waals surface area contributed by atoms with Crippen LogP contribution < -0.4 is 0 Å². The van der Waals surface area contributed by atoms with Crippen molar-refractivity contribution in [3.05, 3.63) is 47.0 Å². The van der Waals surface area contributed by atoms with E-state index in [9.17, 15) is 29.4 Å². The molecule has 0 unspecified atom stereocenters. The Hall–Kier alpha value is -2.77. The Morgan fingerprint density at radius 2 is 1.71 bits per heavy atom. The number of Topliss-reactive ketones (excluding diaryl/α,β-unsaturated/α-hetero) is 1. The van der Waals surface area contributed by atoms with Gasteiger partial charge in [0, 0.05) is 31.1 Å². The summed E-state index contributed by atoms with van der Waals surface area (Å²) in [6.07, 6.45) is -4.60. The van der Waals surface area contributed by atoms with Gasteiger partial charge in [-0.2, -0.15) is 0 Å². The Balaban J connectivity index is 1.84. The minimum Gasteiger partial charge on any atom is -0.458 e. The van der Waals surface area contributed by atoms with Crippen molar-refractivity contribution in [3.63, 3.8) is 0 Å². The number of carbonyl (C=O) groups excluding carboxylic acids is 4. The third-order valence-corrected chi connectivity index (χ3v) is 10.8. The van der Waals surface area contributed by atoms with Crippen LogP contribution >= 0.6 is 11.8 Å². The minimum absolute atomic E-state index is 0.0317. The van der Waals surface area contributed by atoms with E-state index in [1.54, 1.807) is 58.0 Å². The second kappa shape index (κ2) is 11.8. The minimum atomic E-state index is -2.02. The number of hydrogen-bond acceptors (Lipinski definition) is 12. The lowest BCUT2D eigenvalue weighted by atomic mass is 9.44. The Labute approximate surface area is 266 Å². The van der Waals surface area contributed by atoms with Gasteiger partial charge >= 0.3 is 17.9 Å².